The number of hydrogen-bond acceptors (Lipinski definition) is 3. The zero-order valence-corrected chi connectivity index (χ0v) is 10.2. The van der Waals surface area contributed by atoms with Crippen LogP contribution in [-0.4, -0.2) is 12.0 Å². The molecule has 0 aliphatic heterocycles. The van der Waals surface area contributed by atoms with Crippen molar-refractivity contribution in [1.82, 2.24) is 4.98 Å². The zero-order valence-electron chi connectivity index (χ0n) is 10.2. The predicted molar refractivity (Wildman–Crippen MR) is 71.9 cm³/mol. The largest absolute Gasteiger partial charge is 0.399 e. The Morgan fingerprint density at radius 2 is 1.88 bits per heavy atom. The van der Waals surface area contributed by atoms with Crippen molar-refractivity contribution in [3.63, 3.8) is 0 Å². The second kappa shape index (κ2) is 4.87. The summed E-state index contributed by atoms with van der Waals surface area (Å²) in [6.07, 6.45) is 3.63. The number of rotatable bonds is 3. The van der Waals surface area contributed by atoms with Crippen molar-refractivity contribution in [2.45, 2.75) is 13.5 Å². The summed E-state index contributed by atoms with van der Waals surface area (Å²) >= 11 is 0. The lowest BCUT2D eigenvalue weighted by molar-refractivity contribution is 0.919. The van der Waals surface area contributed by atoms with Crippen molar-refractivity contribution >= 4 is 11.4 Å². The third-order valence-corrected chi connectivity index (χ3v) is 2.69. The van der Waals surface area contributed by atoms with E-state index in [1.165, 1.54) is 11.1 Å². The second-order valence-corrected chi connectivity index (χ2v) is 4.31. The molecule has 1 aromatic carbocycles. The van der Waals surface area contributed by atoms with Crippen molar-refractivity contribution in [3.05, 3.63) is 53.9 Å². The maximum atomic E-state index is 5.85. The van der Waals surface area contributed by atoms with Crippen molar-refractivity contribution in [1.29, 1.82) is 0 Å². The molecule has 2 aromatic rings. The average molecular weight is 227 g/mol. The molecule has 0 saturated carbocycles. The van der Waals surface area contributed by atoms with Gasteiger partial charge in [-0.25, -0.2) is 0 Å². The maximum Gasteiger partial charge on any atom is 0.0427 e. The molecule has 1 heterocycles. The van der Waals surface area contributed by atoms with Crippen LogP contribution < -0.4 is 10.6 Å². The van der Waals surface area contributed by atoms with Gasteiger partial charge in [0.1, 0.15) is 0 Å². The van der Waals surface area contributed by atoms with Gasteiger partial charge in [0.2, 0.25) is 0 Å². The van der Waals surface area contributed by atoms with E-state index in [9.17, 15) is 0 Å². The molecule has 3 heteroatoms. The minimum absolute atomic E-state index is 0.807. The lowest BCUT2D eigenvalue weighted by Gasteiger charge is -2.20. The van der Waals surface area contributed by atoms with Gasteiger partial charge >= 0.3 is 0 Å². The van der Waals surface area contributed by atoms with Crippen molar-refractivity contribution < 1.29 is 0 Å². The molecule has 0 amide bonds. The number of pyridine rings is 1. The molecule has 0 unspecified atom stereocenters. The first-order valence-corrected chi connectivity index (χ1v) is 5.62. The number of aromatic nitrogens is 1. The van der Waals surface area contributed by atoms with Gasteiger partial charge < -0.3 is 10.6 Å². The quantitative estimate of drug-likeness (QED) is 0.819. The number of benzene rings is 1. The highest BCUT2D eigenvalue weighted by Gasteiger charge is 2.03. The lowest BCUT2D eigenvalue weighted by atomic mass is 10.1. The normalized spacial score (nSPS) is 10.2. The number of aryl methyl sites for hydroxylation is 1. The Morgan fingerprint density at radius 1 is 1.18 bits per heavy atom. The summed E-state index contributed by atoms with van der Waals surface area (Å²) in [5.74, 6) is 0. The summed E-state index contributed by atoms with van der Waals surface area (Å²) in [5, 5.41) is 0. The van der Waals surface area contributed by atoms with Gasteiger partial charge in [0.05, 0.1) is 0 Å². The van der Waals surface area contributed by atoms with Crippen LogP contribution in [-0.2, 0) is 6.54 Å². The van der Waals surface area contributed by atoms with E-state index in [1.807, 2.05) is 36.7 Å². The smallest absolute Gasteiger partial charge is 0.0427 e. The lowest BCUT2D eigenvalue weighted by Crippen LogP contribution is -2.16. The maximum absolute atomic E-state index is 5.85. The molecule has 3 nitrogen and oxygen atoms in total. The highest BCUT2D eigenvalue weighted by molar-refractivity contribution is 5.58. The molecule has 0 saturated heterocycles. The molecule has 0 radical (unpaired) electrons. The third kappa shape index (κ3) is 2.97. The van der Waals surface area contributed by atoms with Crippen molar-refractivity contribution in [2.75, 3.05) is 17.7 Å². The van der Waals surface area contributed by atoms with Gasteiger partial charge in [-0.05, 0) is 48.4 Å². The Kier molecular flexibility index (Phi) is 3.28. The molecule has 0 spiro atoms. The first-order valence-electron chi connectivity index (χ1n) is 5.62. The van der Waals surface area contributed by atoms with Crippen LogP contribution in [0.2, 0.25) is 0 Å². The Bertz CT molecular complexity index is 474. The standard InChI is InChI=1S/C14H17N3/c1-11-7-13(15)9-14(8-11)17(2)10-12-3-5-16-6-4-12/h3-9H,10,15H2,1-2H3. The van der Waals surface area contributed by atoms with Crippen LogP contribution in [0, 0.1) is 6.92 Å². The summed E-state index contributed by atoms with van der Waals surface area (Å²) in [6.45, 7) is 2.91. The van der Waals surface area contributed by atoms with Gasteiger partial charge in [-0.2, -0.15) is 0 Å². The first kappa shape index (κ1) is 11.5. The predicted octanol–water partition coefficient (Wildman–Crippen LogP) is 2.61. The molecule has 0 bridgehead atoms. The molecule has 17 heavy (non-hydrogen) atoms. The monoisotopic (exact) mass is 227 g/mol. The van der Waals surface area contributed by atoms with Crippen LogP contribution in [0.4, 0.5) is 11.4 Å². The van der Waals surface area contributed by atoms with Crippen LogP contribution in [0.15, 0.2) is 42.7 Å². The van der Waals surface area contributed by atoms with E-state index >= 15 is 0 Å². The van der Waals surface area contributed by atoms with E-state index < -0.39 is 0 Å². The Labute approximate surface area is 102 Å². The van der Waals surface area contributed by atoms with E-state index in [0.717, 1.165) is 17.9 Å². The first-order chi connectivity index (χ1) is 8.15. The summed E-state index contributed by atoms with van der Waals surface area (Å²) < 4.78 is 0. The molecule has 0 aliphatic rings. The highest BCUT2D eigenvalue weighted by Crippen LogP contribution is 2.20. The van der Waals surface area contributed by atoms with Gasteiger partial charge in [-0.15, -0.1) is 0 Å². The molecule has 2 N–H and O–H groups in total. The molecule has 0 aliphatic carbocycles. The van der Waals surface area contributed by atoms with Gasteiger partial charge in [0.15, 0.2) is 0 Å². The van der Waals surface area contributed by atoms with E-state index in [-0.39, 0.29) is 0 Å². The summed E-state index contributed by atoms with van der Waals surface area (Å²) in [7, 11) is 2.06. The molecule has 1 aromatic heterocycles. The average Bonchev–Trinajstić information content (AvgIpc) is 2.29. The van der Waals surface area contributed by atoms with E-state index in [0.29, 0.717) is 0 Å². The van der Waals surface area contributed by atoms with Crippen LogP contribution in [0.25, 0.3) is 0 Å². The van der Waals surface area contributed by atoms with Crippen molar-refractivity contribution in [2.24, 2.45) is 0 Å². The molecule has 0 fully saturated rings. The fraction of sp³-hybridized carbons (Fsp3) is 0.214. The van der Waals surface area contributed by atoms with Gasteiger partial charge in [-0.3, -0.25) is 4.98 Å². The minimum atomic E-state index is 0.807. The number of nitrogens with zero attached hydrogens (tertiary/aromatic N) is 2. The molecular formula is C14H17N3. The van der Waals surface area contributed by atoms with E-state index in [2.05, 4.69) is 29.9 Å². The fourth-order valence-electron chi connectivity index (χ4n) is 1.87. The molecule has 88 valence electrons. The fourth-order valence-corrected chi connectivity index (χ4v) is 1.87. The van der Waals surface area contributed by atoms with Crippen LogP contribution >= 0.6 is 0 Å². The van der Waals surface area contributed by atoms with Crippen LogP contribution in [0.3, 0.4) is 0 Å². The zero-order chi connectivity index (χ0) is 12.3. The number of hydrogen-bond donors (Lipinski definition) is 1. The molecule has 0 atom stereocenters. The molecule has 2 rings (SSSR count). The van der Waals surface area contributed by atoms with Gasteiger partial charge in [0, 0.05) is 37.4 Å². The highest BCUT2D eigenvalue weighted by atomic mass is 15.1. The van der Waals surface area contributed by atoms with E-state index in [4.69, 9.17) is 5.73 Å². The Balaban J connectivity index is 2.17. The Morgan fingerprint density at radius 3 is 2.53 bits per heavy atom. The summed E-state index contributed by atoms with van der Waals surface area (Å²) in [6, 6.07) is 10.2. The van der Waals surface area contributed by atoms with Gasteiger partial charge in [0.25, 0.3) is 0 Å². The van der Waals surface area contributed by atoms with Crippen molar-refractivity contribution in [3.8, 4) is 0 Å². The SMILES string of the molecule is Cc1cc(N)cc(N(C)Cc2ccncc2)c1. The number of nitrogens with two attached hydrogens (primary N) is 1. The van der Waals surface area contributed by atoms with Gasteiger partial charge in [-0.1, -0.05) is 0 Å². The topological polar surface area (TPSA) is 42.1 Å². The Hall–Kier alpha value is -2.03. The van der Waals surface area contributed by atoms with Crippen LogP contribution in [0.1, 0.15) is 11.1 Å². The second-order valence-electron chi connectivity index (χ2n) is 4.31. The minimum Gasteiger partial charge on any atom is -0.399 e. The summed E-state index contributed by atoms with van der Waals surface area (Å²) in [4.78, 5) is 6.19. The molecular weight excluding hydrogens is 210 g/mol. The third-order valence-electron chi connectivity index (χ3n) is 2.69. The number of nitrogen functional groups attached to an aromatic ring is 1. The summed E-state index contributed by atoms with van der Waals surface area (Å²) in [5.41, 5.74) is 10.2. The number of anilines is 2. The van der Waals surface area contributed by atoms with E-state index in [1.54, 1.807) is 0 Å². The van der Waals surface area contributed by atoms with Crippen LogP contribution in [0.5, 0.6) is 0 Å².